The minimum Gasteiger partial charge on any atom is -0.266 e. The Kier molecular flexibility index (Phi) is 2.73. The fraction of sp³-hybridized carbons (Fsp3) is 0.500. The van der Waals surface area contributed by atoms with Crippen molar-refractivity contribution in [2.24, 2.45) is 5.73 Å². The molecule has 0 radical (unpaired) electrons. The third-order valence-corrected chi connectivity index (χ3v) is 0.860. The first-order chi connectivity index (χ1) is 5.10. The van der Waals surface area contributed by atoms with Crippen molar-refractivity contribution in [1.82, 2.24) is 0 Å². The van der Waals surface area contributed by atoms with Gasteiger partial charge >= 0.3 is 18.0 Å². The molecule has 0 amide bonds. The monoisotopic (exact) mass is 197 g/mol. The van der Waals surface area contributed by atoms with Crippen LogP contribution < -0.4 is 5.73 Å². The van der Waals surface area contributed by atoms with E-state index >= 15 is 0 Å². The summed E-state index contributed by atoms with van der Waals surface area (Å²) in [5.74, 6) is -9.19. The van der Waals surface area contributed by atoms with E-state index in [1.807, 2.05) is 0 Å². The second-order valence-corrected chi connectivity index (χ2v) is 1.77. The average Bonchev–Trinajstić information content (AvgIpc) is 1.83. The Morgan fingerprint density at radius 3 is 1.33 bits per heavy atom. The van der Waals surface area contributed by atoms with E-state index < -0.39 is 23.9 Å². The van der Waals surface area contributed by atoms with Crippen LogP contribution in [0.1, 0.15) is 0 Å². The van der Waals surface area contributed by atoms with E-state index in [9.17, 15) is 30.7 Å². The first kappa shape index (κ1) is 11.2. The molecule has 0 saturated carbocycles. The highest BCUT2D eigenvalue weighted by Crippen LogP contribution is 2.38. The molecule has 8 heteroatoms. The molecule has 0 aromatic carbocycles. The second kappa shape index (κ2) is 2.92. The van der Waals surface area contributed by atoms with Gasteiger partial charge in [0.25, 0.3) is 0 Å². The molecule has 1 nitrogen and oxygen atoms in total. The van der Waals surface area contributed by atoms with E-state index in [1.54, 1.807) is 0 Å². The van der Waals surface area contributed by atoms with Crippen molar-refractivity contribution < 1.29 is 30.7 Å². The summed E-state index contributed by atoms with van der Waals surface area (Å²) < 4.78 is 80.4. The lowest BCUT2D eigenvalue weighted by Gasteiger charge is -2.19. The summed E-state index contributed by atoms with van der Waals surface area (Å²) >= 11 is 0. The molecule has 0 unspecified atom stereocenters. The smallest absolute Gasteiger partial charge is 0.266 e. The zero-order valence-corrected chi connectivity index (χ0v) is 5.22. The maximum atomic E-state index is 11.8. The molecular formula is C4H2F7N. The third kappa shape index (κ3) is 1.87. The molecule has 0 aromatic heterocycles. The van der Waals surface area contributed by atoms with Crippen molar-refractivity contribution in [3.05, 3.63) is 11.9 Å². The minimum absolute atomic E-state index is 3.46. The normalized spacial score (nSPS) is 13.0. The molecule has 0 fully saturated rings. The van der Waals surface area contributed by atoms with Crippen LogP contribution in [0.3, 0.4) is 0 Å². The van der Waals surface area contributed by atoms with Gasteiger partial charge in [-0.1, -0.05) is 0 Å². The van der Waals surface area contributed by atoms with Crippen LogP contribution in [0.25, 0.3) is 0 Å². The van der Waals surface area contributed by atoms with Gasteiger partial charge in [0.1, 0.15) is 0 Å². The summed E-state index contributed by atoms with van der Waals surface area (Å²) in [7, 11) is 0. The van der Waals surface area contributed by atoms with Crippen molar-refractivity contribution in [2.45, 2.75) is 12.0 Å². The Balaban J connectivity index is 5.01. The van der Waals surface area contributed by atoms with Crippen LogP contribution in [-0.4, -0.2) is 12.0 Å². The highest BCUT2D eigenvalue weighted by molar-refractivity contribution is 5.09. The highest BCUT2D eigenvalue weighted by Gasteiger charge is 2.59. The fourth-order valence-electron chi connectivity index (χ4n) is 0.265. The highest BCUT2D eigenvalue weighted by atomic mass is 19.3. The molecule has 0 heterocycles. The Morgan fingerprint density at radius 2 is 1.25 bits per heavy atom. The maximum absolute atomic E-state index is 11.8. The van der Waals surface area contributed by atoms with Gasteiger partial charge in [0.05, 0.1) is 0 Å². The van der Waals surface area contributed by atoms with Gasteiger partial charge in [0, 0.05) is 0 Å². The fourth-order valence-corrected chi connectivity index (χ4v) is 0.265. The predicted octanol–water partition coefficient (Wildman–Crippen LogP) is 2.25. The van der Waals surface area contributed by atoms with Crippen molar-refractivity contribution in [3.63, 3.8) is 0 Å². The Bertz CT molecular complexity index is 198. The Morgan fingerprint density at radius 1 is 0.917 bits per heavy atom. The van der Waals surface area contributed by atoms with Crippen LogP contribution in [-0.2, 0) is 0 Å². The zero-order valence-electron chi connectivity index (χ0n) is 5.22. The molecule has 0 aliphatic rings. The summed E-state index contributed by atoms with van der Waals surface area (Å²) in [4.78, 5) is 0. The molecule has 0 saturated heterocycles. The first-order valence-corrected chi connectivity index (χ1v) is 2.36. The van der Waals surface area contributed by atoms with E-state index in [0.29, 0.717) is 0 Å². The molecular weight excluding hydrogens is 195 g/mol. The van der Waals surface area contributed by atoms with Crippen LogP contribution in [0, 0.1) is 0 Å². The van der Waals surface area contributed by atoms with Crippen LogP contribution in [0.5, 0.6) is 0 Å². The van der Waals surface area contributed by atoms with Gasteiger partial charge in [-0.05, 0) is 0 Å². The molecule has 72 valence electrons. The van der Waals surface area contributed by atoms with Gasteiger partial charge in [-0.25, -0.2) is 0 Å². The molecule has 12 heavy (non-hydrogen) atoms. The van der Waals surface area contributed by atoms with Gasteiger partial charge in [-0.15, -0.1) is 0 Å². The van der Waals surface area contributed by atoms with E-state index in [2.05, 4.69) is 5.73 Å². The van der Waals surface area contributed by atoms with Crippen LogP contribution in [0.15, 0.2) is 11.9 Å². The zero-order chi connectivity index (χ0) is 10.2. The summed E-state index contributed by atoms with van der Waals surface area (Å²) in [5.41, 5.74) is 3.46. The second-order valence-electron chi connectivity index (χ2n) is 1.77. The molecule has 0 bridgehead atoms. The number of nitrogens with two attached hydrogens (primary N) is 1. The predicted molar refractivity (Wildman–Crippen MR) is 24.4 cm³/mol. The third-order valence-electron chi connectivity index (χ3n) is 0.860. The number of rotatable bonds is 2. The van der Waals surface area contributed by atoms with Crippen molar-refractivity contribution in [3.8, 4) is 0 Å². The van der Waals surface area contributed by atoms with Crippen LogP contribution in [0.2, 0.25) is 0 Å². The van der Waals surface area contributed by atoms with Crippen LogP contribution >= 0.6 is 0 Å². The number of hydrogen-bond acceptors (Lipinski definition) is 1. The quantitative estimate of drug-likeness (QED) is 0.533. The summed E-state index contributed by atoms with van der Waals surface area (Å²) in [6.45, 7) is 0. The van der Waals surface area contributed by atoms with Gasteiger partial charge in [-0.3, -0.25) is 5.73 Å². The lowest BCUT2D eigenvalue weighted by Crippen LogP contribution is -2.48. The topological polar surface area (TPSA) is 26.0 Å². The van der Waals surface area contributed by atoms with Gasteiger partial charge in [0.15, 0.2) is 0 Å². The standard InChI is InChI=1S/C4H2F7N/c5-1(2(6)7)3(8,9)4(10,11)12/h12H2. The maximum Gasteiger partial charge on any atom is 0.380 e. The van der Waals surface area contributed by atoms with E-state index in [0.717, 1.165) is 0 Å². The van der Waals surface area contributed by atoms with E-state index in [-0.39, 0.29) is 0 Å². The Hall–Kier alpha value is -0.790. The Labute approximate surface area is 61.6 Å². The molecule has 2 N–H and O–H groups in total. The lowest BCUT2D eigenvalue weighted by atomic mass is 10.2. The van der Waals surface area contributed by atoms with E-state index in [4.69, 9.17) is 0 Å². The number of hydrogen-bond donors (Lipinski definition) is 1. The average molecular weight is 197 g/mol. The summed E-state index contributed by atoms with van der Waals surface area (Å²) in [6, 6.07) is -5.35. The van der Waals surface area contributed by atoms with Crippen molar-refractivity contribution in [1.29, 1.82) is 0 Å². The van der Waals surface area contributed by atoms with Gasteiger partial charge in [0.2, 0.25) is 5.83 Å². The van der Waals surface area contributed by atoms with Crippen molar-refractivity contribution in [2.75, 3.05) is 0 Å². The molecule has 0 aliphatic heterocycles. The van der Waals surface area contributed by atoms with Crippen molar-refractivity contribution >= 4 is 0 Å². The first-order valence-electron chi connectivity index (χ1n) is 2.36. The largest absolute Gasteiger partial charge is 0.380 e. The number of alkyl halides is 4. The molecule has 0 aromatic rings. The summed E-state index contributed by atoms with van der Waals surface area (Å²) in [6.07, 6.45) is -3.52. The molecule has 0 atom stereocenters. The SMILES string of the molecule is NC(F)(F)C(F)(F)C(F)=C(F)F. The lowest BCUT2D eigenvalue weighted by molar-refractivity contribution is -0.193. The van der Waals surface area contributed by atoms with Gasteiger partial charge < -0.3 is 0 Å². The van der Waals surface area contributed by atoms with Gasteiger partial charge in [-0.2, -0.15) is 30.7 Å². The summed E-state index contributed by atoms with van der Waals surface area (Å²) in [5, 5.41) is 0. The van der Waals surface area contributed by atoms with Crippen LogP contribution in [0.4, 0.5) is 30.7 Å². The number of halogens is 7. The molecule has 0 rings (SSSR count). The van der Waals surface area contributed by atoms with E-state index in [1.165, 1.54) is 0 Å². The molecule has 0 spiro atoms. The molecule has 0 aliphatic carbocycles. The minimum atomic E-state index is -5.67.